The molecule has 9 nitrogen and oxygen atoms in total. The van der Waals surface area contributed by atoms with Gasteiger partial charge in [-0.25, -0.2) is 9.48 Å². The maximum atomic E-state index is 13.0. The molecule has 0 radical (unpaired) electrons. The van der Waals surface area contributed by atoms with Crippen molar-refractivity contribution in [3.8, 4) is 11.5 Å². The molecule has 0 bridgehead atoms. The molecule has 1 atom stereocenters. The molecule has 1 saturated heterocycles. The largest absolute Gasteiger partial charge is 0.463 e. The van der Waals surface area contributed by atoms with Gasteiger partial charge in [0, 0.05) is 38.2 Å². The number of H-pyrrole nitrogens is 1. The third-order valence-corrected chi connectivity index (χ3v) is 5.16. The van der Waals surface area contributed by atoms with Gasteiger partial charge in [-0.05, 0) is 38.8 Å². The van der Waals surface area contributed by atoms with Gasteiger partial charge in [-0.3, -0.25) is 14.5 Å². The number of furan rings is 1. The van der Waals surface area contributed by atoms with E-state index in [9.17, 15) is 9.59 Å². The van der Waals surface area contributed by atoms with Crippen LogP contribution >= 0.6 is 0 Å². The van der Waals surface area contributed by atoms with E-state index in [1.54, 1.807) is 34.9 Å². The van der Waals surface area contributed by atoms with Gasteiger partial charge in [-0.15, -0.1) is 0 Å². The number of carbonyl (C=O) groups excluding carboxylic acids is 1. The maximum Gasteiger partial charge on any atom is 0.345 e. The van der Waals surface area contributed by atoms with Gasteiger partial charge in [0.15, 0.2) is 11.5 Å². The quantitative estimate of drug-likeness (QED) is 0.743. The van der Waals surface area contributed by atoms with E-state index >= 15 is 0 Å². The van der Waals surface area contributed by atoms with E-state index in [2.05, 4.69) is 15.3 Å². The number of amides is 1. The molecule has 1 unspecified atom stereocenters. The number of nitrogens with one attached hydrogen (secondary N) is 1. The summed E-state index contributed by atoms with van der Waals surface area (Å²) in [6.45, 7) is 5.12. The van der Waals surface area contributed by atoms with Crippen LogP contribution in [0.2, 0.25) is 0 Å². The van der Waals surface area contributed by atoms with Crippen molar-refractivity contribution in [2.75, 3.05) is 13.1 Å². The van der Waals surface area contributed by atoms with E-state index in [1.165, 1.54) is 4.68 Å². The molecule has 4 heterocycles. The number of nitrogens with zero attached hydrogens (tertiary/aromatic N) is 5. The van der Waals surface area contributed by atoms with E-state index < -0.39 is 0 Å². The van der Waals surface area contributed by atoms with E-state index in [0.29, 0.717) is 30.2 Å². The highest BCUT2D eigenvalue weighted by Gasteiger charge is 2.31. The highest BCUT2D eigenvalue weighted by Crippen LogP contribution is 2.27. The minimum atomic E-state index is -0.131. The first-order valence-corrected chi connectivity index (χ1v) is 9.49. The fourth-order valence-corrected chi connectivity index (χ4v) is 3.79. The van der Waals surface area contributed by atoms with Crippen molar-refractivity contribution in [3.63, 3.8) is 0 Å². The van der Waals surface area contributed by atoms with Crippen LogP contribution in [0.1, 0.15) is 55.0 Å². The first kappa shape index (κ1) is 18.3. The molecule has 0 saturated carbocycles. The highest BCUT2D eigenvalue weighted by atomic mass is 16.3. The van der Waals surface area contributed by atoms with Crippen molar-refractivity contribution < 1.29 is 9.21 Å². The van der Waals surface area contributed by atoms with Gasteiger partial charge < -0.3 is 9.32 Å². The molecule has 3 aromatic heterocycles. The summed E-state index contributed by atoms with van der Waals surface area (Å²) in [5.74, 6) is 1.28. The highest BCUT2D eigenvalue weighted by molar-refractivity contribution is 5.93. The molecule has 4 rings (SSSR count). The molecule has 0 spiro atoms. The number of aryl methyl sites for hydroxylation is 1. The molecule has 28 heavy (non-hydrogen) atoms. The lowest BCUT2D eigenvalue weighted by Gasteiger charge is -2.32. The summed E-state index contributed by atoms with van der Waals surface area (Å²) in [7, 11) is 1.66. The Labute approximate surface area is 162 Å². The normalized spacial score (nSPS) is 17.4. The number of carbonyl (C=O) groups is 1. The predicted octanol–water partition coefficient (Wildman–Crippen LogP) is 2.17. The molecule has 1 fully saturated rings. The molecule has 148 valence electrons. The predicted molar refractivity (Wildman–Crippen MR) is 102 cm³/mol. The smallest absolute Gasteiger partial charge is 0.345 e. The van der Waals surface area contributed by atoms with Crippen LogP contribution in [0.5, 0.6) is 0 Å². The Balaban J connectivity index is 1.55. The van der Waals surface area contributed by atoms with Crippen LogP contribution in [0.15, 0.2) is 33.7 Å². The fraction of sp³-hybridized carbons (Fsp3) is 0.474. The van der Waals surface area contributed by atoms with E-state index in [4.69, 9.17) is 4.42 Å². The van der Waals surface area contributed by atoms with Gasteiger partial charge in [0.1, 0.15) is 11.5 Å². The first-order valence-electron chi connectivity index (χ1n) is 9.49. The average Bonchev–Trinajstić information content (AvgIpc) is 3.42. The summed E-state index contributed by atoms with van der Waals surface area (Å²) >= 11 is 0. The number of hydrogen-bond donors (Lipinski definition) is 1. The van der Waals surface area contributed by atoms with Gasteiger partial charge in [0.05, 0.1) is 6.26 Å². The maximum absolute atomic E-state index is 13.0. The Hall–Kier alpha value is -3.10. The van der Waals surface area contributed by atoms with Gasteiger partial charge in [-0.2, -0.15) is 10.2 Å². The molecular formula is C19H24N6O3. The molecule has 3 aromatic rings. The van der Waals surface area contributed by atoms with Crippen molar-refractivity contribution in [1.82, 2.24) is 29.4 Å². The Kier molecular flexibility index (Phi) is 4.66. The van der Waals surface area contributed by atoms with Crippen LogP contribution in [0.4, 0.5) is 0 Å². The minimum absolute atomic E-state index is 0.0180. The van der Waals surface area contributed by atoms with Crippen LogP contribution in [-0.4, -0.2) is 48.4 Å². The van der Waals surface area contributed by atoms with Gasteiger partial charge in [-0.1, -0.05) is 0 Å². The Morgan fingerprint density at radius 1 is 1.39 bits per heavy atom. The lowest BCUT2D eigenvalue weighted by Crippen LogP contribution is -2.40. The van der Waals surface area contributed by atoms with Crippen molar-refractivity contribution in [2.24, 2.45) is 7.05 Å². The zero-order valence-corrected chi connectivity index (χ0v) is 16.3. The van der Waals surface area contributed by atoms with Crippen molar-refractivity contribution in [2.45, 2.75) is 38.6 Å². The summed E-state index contributed by atoms with van der Waals surface area (Å²) in [5, 5.41) is 11.5. The summed E-state index contributed by atoms with van der Waals surface area (Å²) in [4.78, 5) is 27.1. The number of likely N-dealkylation sites (tertiary alicyclic amines) is 1. The molecule has 1 amide bonds. The third-order valence-electron chi connectivity index (χ3n) is 5.16. The topological polar surface area (TPSA) is 102 Å². The zero-order chi connectivity index (χ0) is 19.8. The minimum Gasteiger partial charge on any atom is -0.463 e. The monoisotopic (exact) mass is 384 g/mol. The molecule has 1 aliphatic rings. The van der Waals surface area contributed by atoms with Crippen LogP contribution in [0.25, 0.3) is 11.5 Å². The average molecular weight is 384 g/mol. The Morgan fingerprint density at radius 3 is 2.93 bits per heavy atom. The van der Waals surface area contributed by atoms with Gasteiger partial charge >= 0.3 is 5.69 Å². The third kappa shape index (κ3) is 3.17. The summed E-state index contributed by atoms with van der Waals surface area (Å²) in [6.07, 6.45) is 3.33. The van der Waals surface area contributed by atoms with Gasteiger partial charge in [0.25, 0.3) is 5.91 Å². The molecule has 1 N–H and O–H groups in total. The molecule has 0 aromatic carbocycles. The zero-order valence-electron chi connectivity index (χ0n) is 16.3. The molecular weight excluding hydrogens is 360 g/mol. The molecule has 9 heteroatoms. The Morgan fingerprint density at radius 2 is 2.21 bits per heavy atom. The van der Waals surface area contributed by atoms with E-state index in [-0.39, 0.29) is 23.6 Å². The molecule has 1 aliphatic heterocycles. The van der Waals surface area contributed by atoms with Crippen LogP contribution < -0.4 is 5.69 Å². The van der Waals surface area contributed by atoms with Crippen molar-refractivity contribution in [3.05, 3.63) is 46.5 Å². The molecule has 0 aliphatic carbocycles. The van der Waals surface area contributed by atoms with Crippen LogP contribution in [0.3, 0.4) is 0 Å². The Bertz CT molecular complexity index is 1030. The van der Waals surface area contributed by atoms with E-state index in [1.807, 2.05) is 19.9 Å². The van der Waals surface area contributed by atoms with Crippen molar-refractivity contribution >= 4 is 5.91 Å². The summed E-state index contributed by atoms with van der Waals surface area (Å²) in [6, 6.07) is 5.32. The number of aromatic amines is 1. The summed E-state index contributed by atoms with van der Waals surface area (Å²) < 4.78 is 8.44. The fourth-order valence-electron chi connectivity index (χ4n) is 3.79. The summed E-state index contributed by atoms with van der Waals surface area (Å²) in [5.41, 5.74) is 0.901. The second-order valence-electron chi connectivity index (χ2n) is 7.46. The SMILES string of the molecule is CC(C)n1c(C2CCCN(C(=O)c3cc(-c4ccco4)[nH]n3)C2)nn(C)c1=O. The lowest BCUT2D eigenvalue weighted by molar-refractivity contribution is 0.0696. The second kappa shape index (κ2) is 7.14. The number of hydrogen-bond acceptors (Lipinski definition) is 5. The van der Waals surface area contributed by atoms with Crippen LogP contribution in [0, 0.1) is 0 Å². The van der Waals surface area contributed by atoms with Crippen LogP contribution in [-0.2, 0) is 7.05 Å². The second-order valence-corrected chi connectivity index (χ2v) is 7.46. The number of aromatic nitrogens is 5. The lowest BCUT2D eigenvalue weighted by atomic mass is 9.96. The van der Waals surface area contributed by atoms with Crippen molar-refractivity contribution in [1.29, 1.82) is 0 Å². The van der Waals surface area contributed by atoms with Gasteiger partial charge in [0.2, 0.25) is 0 Å². The number of piperidine rings is 1. The standard InChI is InChI=1S/C19H24N6O3/c1-12(2)25-17(22-23(3)19(25)27)13-6-4-8-24(11-13)18(26)15-10-14(20-21-15)16-7-5-9-28-16/h5,7,9-10,12-13H,4,6,8,11H2,1-3H3,(H,20,21). The first-order chi connectivity index (χ1) is 13.5. The number of rotatable bonds is 4. The van der Waals surface area contributed by atoms with E-state index in [0.717, 1.165) is 18.7 Å².